The summed E-state index contributed by atoms with van der Waals surface area (Å²) in [7, 11) is 2.20. The van der Waals surface area contributed by atoms with Crippen LogP contribution in [0.2, 0.25) is 0 Å². The number of hydrogen-bond donors (Lipinski definition) is 1. The van der Waals surface area contributed by atoms with Gasteiger partial charge < -0.3 is 19.9 Å². The summed E-state index contributed by atoms with van der Waals surface area (Å²) in [6.45, 7) is 6.23. The average molecular weight is 460 g/mol. The minimum Gasteiger partial charge on any atom is -0.462 e. The zero-order chi connectivity index (χ0) is 22.9. The van der Waals surface area contributed by atoms with Crippen LogP contribution in [0.1, 0.15) is 60.1 Å². The van der Waals surface area contributed by atoms with E-state index in [1.807, 2.05) is 0 Å². The molecule has 1 aromatic carbocycles. The number of rotatable bonds is 4. The molecule has 8 rings (SSSR count). The maximum atomic E-state index is 6.33. The number of ether oxygens (including phenoxy) is 1. The third-order valence-corrected chi connectivity index (χ3v) is 9.54. The highest BCUT2D eigenvalue weighted by Crippen LogP contribution is 2.49. The molecule has 6 aliphatic rings. The van der Waals surface area contributed by atoms with Gasteiger partial charge in [-0.1, -0.05) is 18.2 Å². The highest BCUT2D eigenvalue weighted by molar-refractivity contribution is 5.55. The molecular weight excluding hydrogens is 422 g/mol. The van der Waals surface area contributed by atoms with Gasteiger partial charge in [-0.05, 0) is 88.6 Å². The van der Waals surface area contributed by atoms with Crippen LogP contribution in [0.15, 0.2) is 18.2 Å². The predicted octanol–water partition coefficient (Wildman–Crippen LogP) is 3.18. The summed E-state index contributed by atoms with van der Waals surface area (Å²) in [6, 6.07) is 9.21. The van der Waals surface area contributed by atoms with Crippen molar-refractivity contribution < 1.29 is 4.74 Å². The first-order chi connectivity index (χ1) is 16.6. The highest BCUT2D eigenvalue weighted by atomic mass is 16.5. The van der Waals surface area contributed by atoms with E-state index in [9.17, 15) is 0 Å². The maximum absolute atomic E-state index is 6.33. The van der Waals surface area contributed by atoms with Gasteiger partial charge in [-0.3, -0.25) is 0 Å². The smallest absolute Gasteiger partial charge is 0.318 e. The SMILES string of the molecule is Cc1cccc2c1CCC21CCc2c(nc(OC[C@@H]3CCCN3C)nc2N2CC3CC(C2)N3)C1. The number of aryl methyl sites for hydroxylation is 1. The van der Waals surface area contributed by atoms with E-state index in [4.69, 9.17) is 14.7 Å². The van der Waals surface area contributed by atoms with E-state index in [0.717, 1.165) is 38.3 Å². The summed E-state index contributed by atoms with van der Waals surface area (Å²) in [5.74, 6) is 1.16. The Labute approximate surface area is 203 Å². The quantitative estimate of drug-likeness (QED) is 0.758. The molecule has 3 unspecified atom stereocenters. The Bertz CT molecular complexity index is 1100. The van der Waals surface area contributed by atoms with Gasteiger partial charge in [-0.15, -0.1) is 0 Å². The number of nitrogens with zero attached hydrogens (tertiary/aromatic N) is 4. The van der Waals surface area contributed by atoms with E-state index in [2.05, 4.69) is 47.3 Å². The molecular formula is C28H37N5O. The van der Waals surface area contributed by atoms with Crippen molar-refractivity contribution in [3.63, 3.8) is 0 Å². The van der Waals surface area contributed by atoms with E-state index in [0.29, 0.717) is 30.7 Å². The molecule has 0 amide bonds. The molecule has 0 radical (unpaired) electrons. The van der Waals surface area contributed by atoms with Crippen molar-refractivity contribution in [3.05, 3.63) is 46.1 Å². The molecule has 2 bridgehead atoms. The topological polar surface area (TPSA) is 53.5 Å². The van der Waals surface area contributed by atoms with E-state index in [-0.39, 0.29) is 5.41 Å². The van der Waals surface area contributed by atoms with Crippen molar-refractivity contribution in [2.45, 2.75) is 81.8 Å². The van der Waals surface area contributed by atoms with Crippen LogP contribution in [-0.2, 0) is 24.7 Å². The number of anilines is 1. The Morgan fingerprint density at radius 3 is 2.68 bits per heavy atom. The number of nitrogens with one attached hydrogen (secondary N) is 1. The van der Waals surface area contributed by atoms with E-state index in [1.165, 1.54) is 55.3 Å². The van der Waals surface area contributed by atoms with Gasteiger partial charge in [0.25, 0.3) is 0 Å². The lowest BCUT2D eigenvalue weighted by molar-refractivity contribution is 0.186. The zero-order valence-electron chi connectivity index (χ0n) is 20.6. The minimum atomic E-state index is 0.231. The third-order valence-electron chi connectivity index (χ3n) is 9.54. The van der Waals surface area contributed by atoms with Gasteiger partial charge in [0, 0.05) is 42.2 Å². The number of fused-ring (bicyclic) bond motifs is 5. The average Bonchev–Trinajstić information content (AvgIpc) is 3.41. The number of piperidine rings is 1. The van der Waals surface area contributed by atoms with E-state index >= 15 is 0 Å². The lowest BCUT2D eigenvalue weighted by atomic mass is 9.69. The Hall–Kier alpha value is -2.18. The molecule has 4 fully saturated rings. The summed E-state index contributed by atoms with van der Waals surface area (Å²) in [6.07, 6.45) is 9.51. The number of aromatic nitrogens is 2. The summed E-state index contributed by atoms with van der Waals surface area (Å²) < 4.78 is 6.33. The molecule has 4 saturated heterocycles. The number of piperazine rings is 1. The fourth-order valence-electron chi connectivity index (χ4n) is 7.52. The molecule has 2 aromatic rings. The first kappa shape index (κ1) is 21.1. The molecule has 6 nitrogen and oxygen atoms in total. The Morgan fingerprint density at radius 2 is 1.91 bits per heavy atom. The van der Waals surface area contributed by atoms with Gasteiger partial charge in [0.1, 0.15) is 12.4 Å². The molecule has 4 atom stereocenters. The first-order valence-corrected chi connectivity index (χ1v) is 13.4. The second-order valence-electron chi connectivity index (χ2n) is 11.6. The molecule has 0 saturated carbocycles. The van der Waals surface area contributed by atoms with Crippen molar-refractivity contribution in [1.82, 2.24) is 20.2 Å². The molecule has 4 aliphatic heterocycles. The van der Waals surface area contributed by atoms with Gasteiger partial charge in [0.05, 0.1) is 5.69 Å². The molecule has 180 valence electrons. The predicted molar refractivity (Wildman–Crippen MR) is 134 cm³/mol. The van der Waals surface area contributed by atoms with Crippen molar-refractivity contribution >= 4 is 5.82 Å². The van der Waals surface area contributed by atoms with Crippen LogP contribution in [0, 0.1) is 6.92 Å². The molecule has 1 spiro atoms. The van der Waals surface area contributed by atoms with Gasteiger partial charge in [0.15, 0.2) is 0 Å². The Kier molecular flexibility index (Phi) is 4.92. The second-order valence-corrected chi connectivity index (χ2v) is 11.6. The lowest BCUT2D eigenvalue weighted by Gasteiger charge is -2.49. The maximum Gasteiger partial charge on any atom is 0.318 e. The van der Waals surface area contributed by atoms with E-state index in [1.54, 1.807) is 11.1 Å². The van der Waals surface area contributed by atoms with Crippen molar-refractivity contribution in [2.24, 2.45) is 0 Å². The summed E-state index contributed by atoms with van der Waals surface area (Å²) >= 11 is 0. The van der Waals surface area contributed by atoms with Crippen LogP contribution < -0.4 is 15.0 Å². The van der Waals surface area contributed by atoms with Crippen LogP contribution >= 0.6 is 0 Å². The van der Waals surface area contributed by atoms with Gasteiger partial charge in [0.2, 0.25) is 0 Å². The van der Waals surface area contributed by atoms with Crippen molar-refractivity contribution in [3.8, 4) is 6.01 Å². The fourth-order valence-corrected chi connectivity index (χ4v) is 7.52. The van der Waals surface area contributed by atoms with Gasteiger partial charge in [-0.25, -0.2) is 0 Å². The summed E-state index contributed by atoms with van der Waals surface area (Å²) in [5.41, 5.74) is 7.48. The highest BCUT2D eigenvalue weighted by Gasteiger charge is 2.44. The second kappa shape index (κ2) is 7.92. The molecule has 2 aliphatic carbocycles. The van der Waals surface area contributed by atoms with Crippen LogP contribution in [0.5, 0.6) is 6.01 Å². The molecule has 6 heteroatoms. The molecule has 34 heavy (non-hydrogen) atoms. The number of benzene rings is 1. The van der Waals surface area contributed by atoms with Crippen LogP contribution in [0.3, 0.4) is 0 Å². The molecule has 5 heterocycles. The van der Waals surface area contributed by atoms with Gasteiger partial charge >= 0.3 is 6.01 Å². The fraction of sp³-hybridized carbons (Fsp3) is 0.643. The monoisotopic (exact) mass is 459 g/mol. The van der Waals surface area contributed by atoms with Crippen LogP contribution in [0.25, 0.3) is 0 Å². The van der Waals surface area contributed by atoms with Crippen LogP contribution in [-0.4, -0.2) is 66.3 Å². The molecule has 1 N–H and O–H groups in total. The minimum absolute atomic E-state index is 0.231. The van der Waals surface area contributed by atoms with E-state index < -0.39 is 0 Å². The van der Waals surface area contributed by atoms with Gasteiger partial charge in [-0.2, -0.15) is 9.97 Å². The lowest BCUT2D eigenvalue weighted by Crippen LogP contribution is -2.67. The first-order valence-electron chi connectivity index (χ1n) is 13.4. The number of likely N-dealkylation sites (N-methyl/N-ethyl adjacent to an activating group) is 1. The Morgan fingerprint density at radius 1 is 1.12 bits per heavy atom. The third kappa shape index (κ3) is 3.36. The zero-order valence-corrected chi connectivity index (χ0v) is 20.6. The summed E-state index contributed by atoms with van der Waals surface area (Å²) in [5, 5.41) is 3.67. The van der Waals surface area contributed by atoms with Crippen molar-refractivity contribution in [2.75, 3.05) is 38.2 Å². The Balaban J connectivity index is 1.23. The number of hydrogen-bond acceptors (Lipinski definition) is 6. The van der Waals surface area contributed by atoms with Crippen LogP contribution in [0.4, 0.5) is 5.82 Å². The molecule has 1 aromatic heterocycles. The summed E-state index contributed by atoms with van der Waals surface area (Å²) in [4.78, 5) is 15.1. The van der Waals surface area contributed by atoms with Crippen molar-refractivity contribution in [1.29, 1.82) is 0 Å². The number of likely N-dealkylation sites (tertiary alicyclic amines) is 1. The largest absolute Gasteiger partial charge is 0.462 e. The normalized spacial score (nSPS) is 31.9. The standard InChI is InChI=1S/C28H37N5O/c1-18-5-3-7-24-22(18)8-10-28(24)11-9-23-25(14-28)30-27(34-17-21-6-4-12-32(21)2)31-26(23)33-15-19-13-20(16-33)29-19/h3,5,7,19-21,29H,4,6,8-17H2,1-2H3/t19?,20?,21-,28?/m0/s1.